The smallest absolute Gasteiger partial charge is 0.267 e. The number of nitrogens with zero attached hydrogens (tertiary/aromatic N) is 1. The fourth-order valence-electron chi connectivity index (χ4n) is 3.17. The predicted molar refractivity (Wildman–Crippen MR) is 111 cm³/mol. The maximum absolute atomic E-state index is 12.7. The Morgan fingerprint density at radius 3 is 2.57 bits per heavy atom. The number of rotatable bonds is 6. The molecule has 0 fully saturated rings. The highest BCUT2D eigenvalue weighted by atomic mass is 32.2. The average Bonchev–Trinajstić information content (AvgIpc) is 2.65. The maximum atomic E-state index is 12.7. The lowest BCUT2D eigenvalue weighted by molar-refractivity contribution is -0.122. The van der Waals surface area contributed by atoms with Crippen LogP contribution in [0.25, 0.3) is 0 Å². The molecule has 1 aliphatic rings. The number of carbonyl (C=O) groups is 1. The number of hydrogen-bond acceptors (Lipinski definition) is 4. The van der Waals surface area contributed by atoms with Crippen LogP contribution in [-0.2, 0) is 21.2 Å². The molecule has 6 nitrogen and oxygen atoms in total. The number of nitrogens with one attached hydrogen (secondary N) is 1. The number of sulfonamides is 1. The zero-order chi connectivity index (χ0) is 20.3. The molecular weight excluding hydrogens is 376 g/mol. The Balaban J connectivity index is 1.76. The number of amides is 1. The van der Waals surface area contributed by atoms with Crippen molar-refractivity contribution in [3.63, 3.8) is 0 Å². The molecule has 1 atom stereocenters. The summed E-state index contributed by atoms with van der Waals surface area (Å²) < 4.78 is 31.5. The van der Waals surface area contributed by atoms with Crippen LogP contribution in [0, 0.1) is 6.92 Å². The second-order valence-electron chi connectivity index (χ2n) is 7.16. The van der Waals surface area contributed by atoms with E-state index in [1.54, 1.807) is 12.1 Å². The summed E-state index contributed by atoms with van der Waals surface area (Å²) in [5, 5.41) is 2.82. The summed E-state index contributed by atoms with van der Waals surface area (Å²) in [6.45, 7) is 3.97. The second-order valence-corrected chi connectivity index (χ2v) is 9.07. The first-order valence-electron chi connectivity index (χ1n) is 9.42. The monoisotopic (exact) mass is 402 g/mol. The molecule has 1 heterocycles. The first-order valence-corrected chi connectivity index (χ1v) is 11.3. The molecule has 0 aromatic heterocycles. The number of ether oxygens (including phenoxy) is 1. The highest BCUT2D eigenvalue weighted by molar-refractivity contribution is 7.92. The van der Waals surface area contributed by atoms with Gasteiger partial charge in [-0.05, 0) is 55.2 Å². The van der Waals surface area contributed by atoms with E-state index in [-0.39, 0.29) is 12.5 Å². The minimum atomic E-state index is -3.54. The largest absolute Gasteiger partial charge is 0.476 e. The van der Waals surface area contributed by atoms with Gasteiger partial charge in [0, 0.05) is 5.69 Å². The quantitative estimate of drug-likeness (QED) is 0.802. The van der Waals surface area contributed by atoms with E-state index in [1.807, 2.05) is 37.3 Å². The number of benzene rings is 2. The Kier molecular flexibility index (Phi) is 5.93. The summed E-state index contributed by atoms with van der Waals surface area (Å²) in [7, 11) is -3.54. The van der Waals surface area contributed by atoms with Crippen LogP contribution in [0.3, 0.4) is 0 Å². The third kappa shape index (κ3) is 4.65. The summed E-state index contributed by atoms with van der Waals surface area (Å²) in [6.07, 6.45) is 3.48. The van der Waals surface area contributed by atoms with E-state index in [0.29, 0.717) is 17.1 Å². The highest BCUT2D eigenvalue weighted by Gasteiger charge is 2.35. The summed E-state index contributed by atoms with van der Waals surface area (Å²) in [5.41, 5.74) is 3.27. The Morgan fingerprint density at radius 2 is 1.93 bits per heavy atom. The minimum Gasteiger partial charge on any atom is -0.476 e. The molecule has 1 N–H and O–H groups in total. The normalized spacial score (nSPS) is 16.2. The van der Waals surface area contributed by atoms with Gasteiger partial charge in [0.15, 0.2) is 6.10 Å². The van der Waals surface area contributed by atoms with Crippen molar-refractivity contribution in [2.24, 2.45) is 0 Å². The molecule has 3 rings (SSSR count). The molecule has 7 heteroatoms. The molecule has 2 aromatic rings. The highest BCUT2D eigenvalue weighted by Crippen LogP contribution is 2.36. The van der Waals surface area contributed by atoms with Gasteiger partial charge in [0.25, 0.3) is 5.91 Å². The van der Waals surface area contributed by atoms with E-state index in [2.05, 4.69) is 12.2 Å². The molecule has 0 saturated carbocycles. The van der Waals surface area contributed by atoms with Crippen molar-refractivity contribution in [3.8, 4) is 5.75 Å². The van der Waals surface area contributed by atoms with Crippen LogP contribution in [-0.4, -0.2) is 33.2 Å². The van der Waals surface area contributed by atoms with Gasteiger partial charge < -0.3 is 10.1 Å². The molecule has 0 spiro atoms. The molecule has 0 saturated heterocycles. The van der Waals surface area contributed by atoms with Crippen molar-refractivity contribution < 1.29 is 17.9 Å². The summed E-state index contributed by atoms with van der Waals surface area (Å²) in [5.74, 6) is 0.0125. The number of anilines is 2. The van der Waals surface area contributed by atoms with Gasteiger partial charge in [0.1, 0.15) is 5.75 Å². The predicted octanol–water partition coefficient (Wildman–Crippen LogP) is 3.50. The molecule has 1 amide bonds. The van der Waals surface area contributed by atoms with Gasteiger partial charge in [-0.15, -0.1) is 0 Å². The van der Waals surface area contributed by atoms with Crippen molar-refractivity contribution >= 4 is 27.3 Å². The van der Waals surface area contributed by atoms with E-state index < -0.39 is 16.1 Å². The number of fused-ring (bicyclic) bond motifs is 1. The number of aryl methyl sites for hydroxylation is 2. The van der Waals surface area contributed by atoms with Crippen LogP contribution in [0.4, 0.5) is 11.4 Å². The van der Waals surface area contributed by atoms with Crippen LogP contribution in [0.1, 0.15) is 30.9 Å². The molecule has 28 heavy (non-hydrogen) atoms. The van der Waals surface area contributed by atoms with Crippen molar-refractivity contribution in [1.29, 1.82) is 0 Å². The number of hydrogen-bond donors (Lipinski definition) is 1. The summed E-state index contributed by atoms with van der Waals surface area (Å²) >= 11 is 0. The standard InChI is InChI=1S/C21H26N2O4S/c1-4-5-6-16-8-10-17(11-9-16)22-21(24)20-14-23(28(3,25)26)18-13-15(2)7-12-19(18)27-20/h7-13,20H,4-6,14H2,1-3H3,(H,22,24). The molecule has 0 radical (unpaired) electrons. The molecule has 1 unspecified atom stereocenters. The molecular formula is C21H26N2O4S. The third-order valence-corrected chi connectivity index (χ3v) is 5.86. The van der Waals surface area contributed by atoms with Crippen LogP contribution in [0.2, 0.25) is 0 Å². The van der Waals surface area contributed by atoms with E-state index >= 15 is 0 Å². The molecule has 0 bridgehead atoms. The minimum absolute atomic E-state index is 0.0598. The fourth-order valence-corrected chi connectivity index (χ4v) is 4.08. The van der Waals surface area contributed by atoms with Crippen molar-refractivity contribution in [1.82, 2.24) is 0 Å². The Hall–Kier alpha value is -2.54. The van der Waals surface area contributed by atoms with Gasteiger partial charge >= 0.3 is 0 Å². The van der Waals surface area contributed by atoms with Crippen LogP contribution in [0.15, 0.2) is 42.5 Å². The third-order valence-electron chi connectivity index (χ3n) is 4.72. The molecule has 2 aromatic carbocycles. The van der Waals surface area contributed by atoms with E-state index in [9.17, 15) is 13.2 Å². The van der Waals surface area contributed by atoms with Gasteiger partial charge in [0.05, 0.1) is 18.5 Å². The van der Waals surface area contributed by atoms with E-state index in [0.717, 1.165) is 31.1 Å². The SMILES string of the molecule is CCCCc1ccc(NC(=O)C2CN(S(C)(=O)=O)c3cc(C)ccc3O2)cc1. The van der Waals surface area contributed by atoms with Crippen molar-refractivity contribution in [2.45, 2.75) is 39.2 Å². The lowest BCUT2D eigenvalue weighted by Crippen LogP contribution is -2.48. The van der Waals surface area contributed by atoms with Gasteiger partial charge in [-0.1, -0.05) is 31.5 Å². The van der Waals surface area contributed by atoms with Crippen LogP contribution in [0.5, 0.6) is 5.75 Å². The van der Waals surface area contributed by atoms with Gasteiger partial charge in [-0.2, -0.15) is 0 Å². The average molecular weight is 403 g/mol. The van der Waals surface area contributed by atoms with Gasteiger partial charge in [-0.25, -0.2) is 8.42 Å². The number of carbonyl (C=O) groups excluding carboxylic acids is 1. The van der Waals surface area contributed by atoms with Gasteiger partial charge in [-0.3, -0.25) is 9.10 Å². The Bertz CT molecular complexity index is 955. The zero-order valence-electron chi connectivity index (χ0n) is 16.4. The lowest BCUT2D eigenvalue weighted by Gasteiger charge is -2.34. The zero-order valence-corrected chi connectivity index (χ0v) is 17.3. The van der Waals surface area contributed by atoms with E-state index in [1.165, 1.54) is 9.87 Å². The molecule has 0 aliphatic carbocycles. The Morgan fingerprint density at radius 1 is 1.21 bits per heavy atom. The fraction of sp³-hybridized carbons (Fsp3) is 0.381. The van der Waals surface area contributed by atoms with Gasteiger partial charge in [0.2, 0.25) is 10.0 Å². The Labute approximate surface area is 166 Å². The molecule has 1 aliphatic heterocycles. The molecule has 150 valence electrons. The maximum Gasteiger partial charge on any atom is 0.267 e. The lowest BCUT2D eigenvalue weighted by atomic mass is 10.1. The van der Waals surface area contributed by atoms with Crippen molar-refractivity contribution in [2.75, 3.05) is 22.4 Å². The summed E-state index contributed by atoms with van der Waals surface area (Å²) in [4.78, 5) is 12.7. The number of unbranched alkanes of at least 4 members (excludes halogenated alkanes) is 1. The second kappa shape index (κ2) is 8.22. The van der Waals surface area contributed by atoms with Crippen LogP contribution < -0.4 is 14.4 Å². The summed E-state index contributed by atoms with van der Waals surface area (Å²) in [6, 6.07) is 13.0. The first kappa shape index (κ1) is 20.2. The topological polar surface area (TPSA) is 75.7 Å². The van der Waals surface area contributed by atoms with Crippen molar-refractivity contribution in [3.05, 3.63) is 53.6 Å². The first-order chi connectivity index (χ1) is 13.3. The van der Waals surface area contributed by atoms with E-state index in [4.69, 9.17) is 4.74 Å². The van der Waals surface area contributed by atoms with Crippen LogP contribution >= 0.6 is 0 Å².